The van der Waals surface area contributed by atoms with Gasteiger partial charge in [0, 0.05) is 31.0 Å². The van der Waals surface area contributed by atoms with Crippen LogP contribution < -0.4 is 16.2 Å². The summed E-state index contributed by atoms with van der Waals surface area (Å²) in [5.41, 5.74) is 3.72. The number of aromatic nitrogens is 1. The van der Waals surface area contributed by atoms with Crippen molar-refractivity contribution in [1.82, 2.24) is 4.98 Å². The van der Waals surface area contributed by atoms with E-state index in [0.29, 0.717) is 11.7 Å². The summed E-state index contributed by atoms with van der Waals surface area (Å²) < 4.78 is 0. The number of hydrogen-bond acceptors (Lipinski definition) is 4. The fourth-order valence-corrected chi connectivity index (χ4v) is 1.55. The fourth-order valence-electron chi connectivity index (χ4n) is 1.55. The maximum Gasteiger partial charge on any atom is 0.141 e. The van der Waals surface area contributed by atoms with Gasteiger partial charge in [-0.3, -0.25) is 0 Å². The second kappa shape index (κ2) is 5.56. The van der Waals surface area contributed by atoms with E-state index in [2.05, 4.69) is 36.1 Å². The second-order valence-electron chi connectivity index (χ2n) is 3.98. The van der Waals surface area contributed by atoms with E-state index in [1.54, 1.807) is 6.20 Å². The molecule has 4 nitrogen and oxygen atoms in total. The molecule has 0 unspecified atom stereocenters. The van der Waals surface area contributed by atoms with E-state index in [9.17, 15) is 0 Å². The molecule has 15 heavy (non-hydrogen) atoms. The zero-order valence-corrected chi connectivity index (χ0v) is 9.70. The number of hydrogen-bond donors (Lipinski definition) is 2. The van der Waals surface area contributed by atoms with Crippen LogP contribution in [0.2, 0.25) is 0 Å². The lowest BCUT2D eigenvalue weighted by atomic mass is 10.2. The first-order chi connectivity index (χ1) is 7.17. The minimum absolute atomic E-state index is 0.646. The van der Waals surface area contributed by atoms with Gasteiger partial charge in [-0.15, -0.1) is 0 Å². The van der Waals surface area contributed by atoms with Gasteiger partial charge in [0.2, 0.25) is 0 Å². The highest BCUT2D eigenvalue weighted by atomic mass is 15.2. The van der Waals surface area contributed by atoms with E-state index in [1.807, 2.05) is 12.1 Å². The van der Waals surface area contributed by atoms with Crippen LogP contribution in [-0.4, -0.2) is 18.1 Å². The third-order valence-electron chi connectivity index (χ3n) is 2.22. The van der Waals surface area contributed by atoms with Crippen LogP contribution in [0.5, 0.6) is 0 Å². The maximum absolute atomic E-state index is 5.33. The van der Waals surface area contributed by atoms with Crippen molar-refractivity contribution in [1.29, 1.82) is 0 Å². The minimum atomic E-state index is 0.646. The van der Waals surface area contributed by atoms with Crippen molar-refractivity contribution in [3.8, 4) is 0 Å². The zero-order chi connectivity index (χ0) is 11.3. The Kier molecular flexibility index (Phi) is 4.37. The summed E-state index contributed by atoms with van der Waals surface area (Å²) in [5.74, 6) is 6.68. The van der Waals surface area contributed by atoms with Gasteiger partial charge in [-0.25, -0.2) is 10.8 Å². The highest BCUT2D eigenvalue weighted by Gasteiger charge is 2.06. The number of nitrogens with zero attached hydrogens (tertiary/aromatic N) is 2. The average Bonchev–Trinajstić information content (AvgIpc) is 2.25. The molecule has 3 N–H and O–H groups in total. The standard InChI is InChI=1S/C11H20N4/c1-4-15(8-9(2)3)10-5-6-13-11(7-10)14-12/h5-7,9H,4,8,12H2,1-3H3,(H,13,14). The molecule has 0 atom stereocenters. The lowest BCUT2D eigenvalue weighted by Crippen LogP contribution is -2.27. The molecule has 0 amide bonds. The zero-order valence-electron chi connectivity index (χ0n) is 9.70. The molecule has 0 aliphatic heterocycles. The van der Waals surface area contributed by atoms with Gasteiger partial charge in [-0.05, 0) is 18.9 Å². The van der Waals surface area contributed by atoms with Crippen molar-refractivity contribution in [3.05, 3.63) is 18.3 Å². The van der Waals surface area contributed by atoms with Crippen molar-refractivity contribution >= 4 is 11.5 Å². The van der Waals surface area contributed by atoms with Crippen LogP contribution in [0.25, 0.3) is 0 Å². The summed E-state index contributed by atoms with van der Waals surface area (Å²) in [6, 6.07) is 3.97. The molecule has 0 spiro atoms. The van der Waals surface area contributed by atoms with Gasteiger partial charge in [-0.2, -0.15) is 0 Å². The number of hydrazine groups is 1. The molecule has 1 rings (SSSR count). The van der Waals surface area contributed by atoms with Gasteiger partial charge in [0.25, 0.3) is 0 Å². The molecule has 0 bridgehead atoms. The van der Waals surface area contributed by atoms with Crippen LogP contribution in [0.1, 0.15) is 20.8 Å². The predicted octanol–water partition coefficient (Wildman–Crippen LogP) is 1.85. The van der Waals surface area contributed by atoms with Crippen LogP contribution >= 0.6 is 0 Å². The van der Waals surface area contributed by atoms with Crippen molar-refractivity contribution in [2.24, 2.45) is 11.8 Å². The Labute approximate surface area is 91.5 Å². The topological polar surface area (TPSA) is 54.2 Å². The van der Waals surface area contributed by atoms with Crippen LogP contribution in [0.3, 0.4) is 0 Å². The van der Waals surface area contributed by atoms with E-state index in [1.165, 1.54) is 0 Å². The quantitative estimate of drug-likeness (QED) is 0.573. The summed E-state index contributed by atoms with van der Waals surface area (Å²) in [6.07, 6.45) is 1.77. The maximum atomic E-state index is 5.33. The molecule has 0 saturated carbocycles. The molecule has 0 fully saturated rings. The van der Waals surface area contributed by atoms with E-state index in [4.69, 9.17) is 5.84 Å². The Morgan fingerprint density at radius 1 is 1.53 bits per heavy atom. The van der Waals surface area contributed by atoms with Crippen molar-refractivity contribution in [2.45, 2.75) is 20.8 Å². The van der Waals surface area contributed by atoms with Crippen LogP contribution in [-0.2, 0) is 0 Å². The Morgan fingerprint density at radius 2 is 2.27 bits per heavy atom. The molecule has 0 aliphatic rings. The molecule has 1 aromatic heterocycles. The first kappa shape index (κ1) is 11.8. The fraction of sp³-hybridized carbons (Fsp3) is 0.545. The average molecular weight is 208 g/mol. The highest BCUT2D eigenvalue weighted by molar-refractivity contribution is 5.53. The number of anilines is 2. The third-order valence-corrected chi connectivity index (χ3v) is 2.22. The molecule has 0 aromatic carbocycles. The van der Waals surface area contributed by atoms with Crippen LogP contribution in [0.4, 0.5) is 11.5 Å². The highest BCUT2D eigenvalue weighted by Crippen LogP contribution is 2.17. The molecular formula is C11H20N4. The normalized spacial score (nSPS) is 10.5. The lowest BCUT2D eigenvalue weighted by Gasteiger charge is -2.25. The van der Waals surface area contributed by atoms with Gasteiger partial charge in [0.15, 0.2) is 0 Å². The number of nitrogens with one attached hydrogen (secondary N) is 1. The molecule has 1 heterocycles. The van der Waals surface area contributed by atoms with Gasteiger partial charge in [0.1, 0.15) is 5.82 Å². The number of nitrogen functional groups attached to an aromatic ring is 1. The molecule has 4 heteroatoms. The number of nitrogens with two attached hydrogens (primary N) is 1. The Hall–Kier alpha value is -1.29. The second-order valence-corrected chi connectivity index (χ2v) is 3.98. The Bertz CT molecular complexity index is 298. The minimum Gasteiger partial charge on any atom is -0.371 e. The number of pyridine rings is 1. The molecule has 1 aromatic rings. The first-order valence-electron chi connectivity index (χ1n) is 5.35. The SMILES string of the molecule is CCN(CC(C)C)c1ccnc(NN)c1. The predicted molar refractivity (Wildman–Crippen MR) is 64.8 cm³/mol. The van der Waals surface area contributed by atoms with E-state index in [0.717, 1.165) is 18.8 Å². The largest absolute Gasteiger partial charge is 0.371 e. The van der Waals surface area contributed by atoms with Gasteiger partial charge in [0.05, 0.1) is 0 Å². The summed E-state index contributed by atoms with van der Waals surface area (Å²) >= 11 is 0. The van der Waals surface area contributed by atoms with Gasteiger partial charge >= 0.3 is 0 Å². The molecule has 84 valence electrons. The molecule has 0 aliphatic carbocycles. The summed E-state index contributed by atoms with van der Waals surface area (Å²) in [4.78, 5) is 6.40. The number of rotatable bonds is 5. The Balaban J connectivity index is 2.81. The Morgan fingerprint density at radius 3 is 2.80 bits per heavy atom. The smallest absolute Gasteiger partial charge is 0.141 e. The first-order valence-corrected chi connectivity index (χ1v) is 5.35. The van der Waals surface area contributed by atoms with E-state index < -0.39 is 0 Å². The molecular weight excluding hydrogens is 188 g/mol. The third kappa shape index (κ3) is 3.40. The monoisotopic (exact) mass is 208 g/mol. The van der Waals surface area contributed by atoms with Crippen LogP contribution in [0, 0.1) is 5.92 Å². The molecule has 0 saturated heterocycles. The summed E-state index contributed by atoms with van der Waals surface area (Å²) in [7, 11) is 0. The summed E-state index contributed by atoms with van der Waals surface area (Å²) in [5, 5.41) is 0. The van der Waals surface area contributed by atoms with Crippen LogP contribution in [0.15, 0.2) is 18.3 Å². The lowest BCUT2D eigenvalue weighted by molar-refractivity contribution is 0.618. The van der Waals surface area contributed by atoms with Crippen molar-refractivity contribution in [2.75, 3.05) is 23.4 Å². The van der Waals surface area contributed by atoms with Gasteiger partial charge < -0.3 is 10.3 Å². The van der Waals surface area contributed by atoms with Crippen molar-refractivity contribution in [3.63, 3.8) is 0 Å². The van der Waals surface area contributed by atoms with Crippen molar-refractivity contribution < 1.29 is 0 Å². The van der Waals surface area contributed by atoms with E-state index in [-0.39, 0.29) is 0 Å². The van der Waals surface area contributed by atoms with E-state index >= 15 is 0 Å². The van der Waals surface area contributed by atoms with Gasteiger partial charge in [-0.1, -0.05) is 13.8 Å². The molecule has 0 radical (unpaired) electrons. The summed E-state index contributed by atoms with van der Waals surface area (Å²) in [6.45, 7) is 8.62.